The topological polar surface area (TPSA) is 124 Å². The third-order valence-corrected chi connectivity index (χ3v) is 5.97. The zero-order valence-electron chi connectivity index (χ0n) is 20.0. The van der Waals surface area contributed by atoms with E-state index in [1.807, 2.05) is 37.3 Å². The first-order valence-electron chi connectivity index (χ1n) is 11.6. The van der Waals surface area contributed by atoms with Crippen LogP contribution in [0.5, 0.6) is 0 Å². The van der Waals surface area contributed by atoms with Crippen molar-refractivity contribution in [1.82, 2.24) is 19.6 Å². The van der Waals surface area contributed by atoms with Gasteiger partial charge >= 0.3 is 0 Å². The van der Waals surface area contributed by atoms with E-state index < -0.39 is 23.7 Å². The number of aromatic nitrogens is 3. The maximum atomic E-state index is 13.9. The van der Waals surface area contributed by atoms with Gasteiger partial charge in [-0.3, -0.25) is 19.0 Å². The molecule has 0 fully saturated rings. The van der Waals surface area contributed by atoms with E-state index in [9.17, 15) is 18.8 Å². The lowest BCUT2D eigenvalue weighted by atomic mass is 10.1. The molecule has 0 aliphatic rings. The molecule has 36 heavy (non-hydrogen) atoms. The molecule has 2 heterocycles. The molecule has 4 rings (SSSR count). The van der Waals surface area contributed by atoms with Crippen molar-refractivity contribution in [1.29, 1.82) is 0 Å². The Bertz CT molecular complexity index is 1460. The lowest BCUT2D eigenvalue weighted by molar-refractivity contribution is -0.118. The average Bonchev–Trinajstić information content (AvgIpc) is 3.24. The summed E-state index contributed by atoms with van der Waals surface area (Å²) in [5.41, 5.74) is 6.45. The van der Waals surface area contributed by atoms with Crippen LogP contribution < -0.4 is 11.3 Å². The molecule has 2 amide bonds. The number of carbonyl (C=O) groups is 2. The SMILES string of the molecule is CCC(c1nc2onc(C)c2c(=O)n1Cc1ccccc1)N(CCC(N)=O)C(=O)c1cccc(F)c1. The van der Waals surface area contributed by atoms with Gasteiger partial charge in [-0.2, -0.15) is 4.98 Å². The van der Waals surface area contributed by atoms with Crippen LogP contribution >= 0.6 is 0 Å². The predicted molar refractivity (Wildman–Crippen MR) is 131 cm³/mol. The van der Waals surface area contributed by atoms with Gasteiger partial charge in [0.2, 0.25) is 5.91 Å². The Labute approximate surface area is 206 Å². The highest BCUT2D eigenvalue weighted by Crippen LogP contribution is 2.27. The Morgan fingerprint density at radius 3 is 2.58 bits per heavy atom. The van der Waals surface area contributed by atoms with E-state index in [2.05, 4.69) is 10.1 Å². The summed E-state index contributed by atoms with van der Waals surface area (Å²) < 4.78 is 20.7. The van der Waals surface area contributed by atoms with Crippen molar-refractivity contribution in [2.24, 2.45) is 5.73 Å². The summed E-state index contributed by atoms with van der Waals surface area (Å²) >= 11 is 0. The second-order valence-corrected chi connectivity index (χ2v) is 8.44. The van der Waals surface area contributed by atoms with Crippen molar-refractivity contribution in [2.45, 2.75) is 39.3 Å². The maximum Gasteiger partial charge on any atom is 0.267 e. The normalized spacial score (nSPS) is 12.0. The van der Waals surface area contributed by atoms with Crippen LogP contribution in [0, 0.1) is 12.7 Å². The van der Waals surface area contributed by atoms with Crippen molar-refractivity contribution in [3.05, 3.63) is 93.4 Å². The van der Waals surface area contributed by atoms with Crippen LogP contribution in [0.2, 0.25) is 0 Å². The Balaban J connectivity index is 1.88. The van der Waals surface area contributed by atoms with Crippen molar-refractivity contribution in [2.75, 3.05) is 6.54 Å². The highest BCUT2D eigenvalue weighted by molar-refractivity contribution is 5.94. The van der Waals surface area contributed by atoms with Gasteiger partial charge in [0.1, 0.15) is 17.0 Å². The van der Waals surface area contributed by atoms with E-state index in [4.69, 9.17) is 10.3 Å². The average molecular weight is 492 g/mol. The second kappa shape index (κ2) is 10.5. The number of aryl methyl sites for hydroxylation is 1. The van der Waals surface area contributed by atoms with Gasteiger partial charge in [0.25, 0.3) is 17.2 Å². The van der Waals surface area contributed by atoms with E-state index in [1.54, 1.807) is 6.92 Å². The number of nitrogens with two attached hydrogens (primary N) is 1. The maximum absolute atomic E-state index is 13.9. The molecule has 10 heteroatoms. The monoisotopic (exact) mass is 491 g/mol. The molecule has 0 bridgehead atoms. The fourth-order valence-corrected chi connectivity index (χ4v) is 4.22. The van der Waals surface area contributed by atoms with Crippen LogP contribution in [-0.4, -0.2) is 38.0 Å². The molecule has 9 nitrogen and oxygen atoms in total. The van der Waals surface area contributed by atoms with E-state index in [0.29, 0.717) is 12.1 Å². The van der Waals surface area contributed by atoms with Crippen LogP contribution in [0.1, 0.15) is 53.2 Å². The van der Waals surface area contributed by atoms with Gasteiger partial charge in [-0.15, -0.1) is 0 Å². The lowest BCUT2D eigenvalue weighted by Gasteiger charge is -2.32. The summed E-state index contributed by atoms with van der Waals surface area (Å²) in [5, 5.41) is 4.15. The molecule has 0 radical (unpaired) electrons. The van der Waals surface area contributed by atoms with Crippen molar-refractivity contribution in [3.63, 3.8) is 0 Å². The Hall–Kier alpha value is -4.34. The molecule has 0 saturated carbocycles. The highest BCUT2D eigenvalue weighted by Gasteiger charge is 2.31. The standard InChI is InChI=1S/C26H26FN5O4/c1-3-20(31(13-12-21(28)33)25(34)18-10-7-11-19(27)14-18)23-29-24-22(16(2)30-36-24)26(35)32(23)15-17-8-5-4-6-9-17/h4-11,14,20H,3,12-13,15H2,1-2H3,(H2,28,33). The Morgan fingerprint density at radius 1 is 1.17 bits per heavy atom. The fourth-order valence-electron chi connectivity index (χ4n) is 4.22. The second-order valence-electron chi connectivity index (χ2n) is 8.44. The Morgan fingerprint density at radius 2 is 1.92 bits per heavy atom. The van der Waals surface area contributed by atoms with E-state index in [1.165, 1.54) is 27.7 Å². The first-order chi connectivity index (χ1) is 17.3. The largest absolute Gasteiger partial charge is 0.370 e. The lowest BCUT2D eigenvalue weighted by Crippen LogP contribution is -2.40. The third kappa shape index (κ3) is 5.02. The molecule has 4 aromatic rings. The number of halogens is 1. The van der Waals surface area contributed by atoms with Crippen molar-refractivity contribution >= 4 is 22.9 Å². The molecule has 2 N–H and O–H groups in total. The summed E-state index contributed by atoms with van der Waals surface area (Å²) in [7, 11) is 0. The smallest absolute Gasteiger partial charge is 0.267 e. The van der Waals surface area contributed by atoms with Crippen LogP contribution in [0.3, 0.4) is 0 Å². The van der Waals surface area contributed by atoms with Gasteiger partial charge in [-0.05, 0) is 37.1 Å². The van der Waals surface area contributed by atoms with Crippen molar-refractivity contribution in [3.8, 4) is 0 Å². The third-order valence-electron chi connectivity index (χ3n) is 5.97. The molecule has 186 valence electrons. The number of nitrogens with zero attached hydrogens (tertiary/aromatic N) is 4. The molecule has 2 aromatic heterocycles. The van der Waals surface area contributed by atoms with Gasteiger partial charge in [-0.25, -0.2) is 4.39 Å². The molecule has 2 aromatic carbocycles. The number of hydrogen-bond donors (Lipinski definition) is 1. The fraction of sp³-hybridized carbons (Fsp3) is 0.269. The minimum Gasteiger partial charge on any atom is -0.370 e. The molecular weight excluding hydrogens is 465 g/mol. The van der Waals surface area contributed by atoms with Gasteiger partial charge in [0.15, 0.2) is 0 Å². The minimum atomic E-state index is -0.744. The van der Waals surface area contributed by atoms with E-state index >= 15 is 0 Å². The summed E-state index contributed by atoms with van der Waals surface area (Å²) in [4.78, 5) is 44.8. The zero-order chi connectivity index (χ0) is 25.8. The highest BCUT2D eigenvalue weighted by atomic mass is 19.1. The number of benzene rings is 2. The number of primary amides is 1. The van der Waals surface area contributed by atoms with Crippen molar-refractivity contribution < 1.29 is 18.5 Å². The Kier molecular flexibility index (Phi) is 7.23. The number of carbonyl (C=O) groups excluding carboxylic acids is 2. The number of hydrogen-bond acceptors (Lipinski definition) is 6. The van der Waals surface area contributed by atoms with Gasteiger partial charge < -0.3 is 15.2 Å². The zero-order valence-corrected chi connectivity index (χ0v) is 20.0. The first-order valence-corrected chi connectivity index (χ1v) is 11.6. The van der Waals surface area contributed by atoms with Crippen LogP contribution in [0.15, 0.2) is 63.9 Å². The van der Waals surface area contributed by atoms with Crippen LogP contribution in [-0.2, 0) is 11.3 Å². The molecule has 0 aliphatic carbocycles. The minimum absolute atomic E-state index is 0.0438. The van der Waals surface area contributed by atoms with Gasteiger partial charge in [-0.1, -0.05) is 48.5 Å². The first kappa shape index (κ1) is 24.8. The molecule has 0 aliphatic heterocycles. The quantitative estimate of drug-likeness (QED) is 0.383. The van der Waals surface area contributed by atoms with E-state index in [-0.39, 0.29) is 47.6 Å². The molecular formula is C26H26FN5O4. The number of rotatable bonds is 9. The number of fused-ring (bicyclic) bond motifs is 1. The van der Waals surface area contributed by atoms with Gasteiger partial charge in [0.05, 0.1) is 18.3 Å². The summed E-state index contributed by atoms with van der Waals surface area (Å²) in [5.74, 6) is -1.42. The summed E-state index contributed by atoms with van der Waals surface area (Å²) in [6.07, 6.45) is 0.226. The van der Waals surface area contributed by atoms with Crippen LogP contribution in [0.4, 0.5) is 4.39 Å². The number of amides is 2. The molecule has 1 atom stereocenters. The molecule has 1 unspecified atom stereocenters. The summed E-state index contributed by atoms with van der Waals surface area (Å²) in [6, 6.07) is 13.9. The summed E-state index contributed by atoms with van der Waals surface area (Å²) in [6.45, 7) is 3.63. The van der Waals surface area contributed by atoms with Gasteiger partial charge in [0, 0.05) is 18.5 Å². The van der Waals surface area contributed by atoms with E-state index in [0.717, 1.165) is 11.6 Å². The molecule has 0 spiro atoms. The van der Waals surface area contributed by atoms with Crippen LogP contribution in [0.25, 0.3) is 11.1 Å². The predicted octanol–water partition coefficient (Wildman–Crippen LogP) is 3.35. The molecule has 0 saturated heterocycles.